The zero-order valence-electron chi connectivity index (χ0n) is 14.9. The van der Waals surface area contributed by atoms with E-state index in [2.05, 4.69) is 10.6 Å². The van der Waals surface area contributed by atoms with Crippen molar-refractivity contribution >= 4 is 23.6 Å². The summed E-state index contributed by atoms with van der Waals surface area (Å²) in [5.74, 6) is -2.74. The number of urea groups is 1. The average molecular weight is 365 g/mol. The van der Waals surface area contributed by atoms with Gasteiger partial charge in [0.05, 0.1) is 11.6 Å². The summed E-state index contributed by atoms with van der Waals surface area (Å²) in [6, 6.07) is 4.40. The number of carbonyl (C=O) groups excluding carboxylic acids is 2. The van der Waals surface area contributed by atoms with E-state index in [-0.39, 0.29) is 24.1 Å². The summed E-state index contributed by atoms with van der Waals surface area (Å²) >= 11 is 0. The van der Waals surface area contributed by atoms with E-state index in [0.717, 1.165) is 0 Å². The number of carbonyl (C=O) groups is 3. The molecule has 1 aromatic carbocycles. The van der Waals surface area contributed by atoms with E-state index in [1.54, 1.807) is 19.9 Å². The third-order valence-electron chi connectivity index (χ3n) is 4.43. The van der Waals surface area contributed by atoms with Crippen molar-refractivity contribution in [3.63, 3.8) is 0 Å². The third kappa shape index (κ3) is 4.93. The quantitative estimate of drug-likeness (QED) is 0.745. The molecular weight excluding hydrogens is 341 g/mol. The number of halogens is 1. The van der Waals surface area contributed by atoms with E-state index in [1.807, 2.05) is 0 Å². The molecule has 2 atom stereocenters. The van der Waals surface area contributed by atoms with Gasteiger partial charge in [0.1, 0.15) is 11.9 Å². The number of aliphatic carboxylic acids is 1. The topological polar surface area (TPSA) is 98.7 Å². The molecule has 1 aliphatic rings. The number of carboxylic acid groups (broad SMARTS) is 1. The van der Waals surface area contributed by atoms with Gasteiger partial charge in [-0.3, -0.25) is 4.79 Å². The second-order valence-corrected chi connectivity index (χ2v) is 6.76. The van der Waals surface area contributed by atoms with Crippen LogP contribution in [0.2, 0.25) is 0 Å². The normalized spacial score (nSPS) is 18.3. The molecule has 3 N–H and O–H groups in total. The van der Waals surface area contributed by atoms with Crippen LogP contribution in [-0.2, 0) is 9.59 Å². The molecule has 1 heterocycles. The number of hydrogen-bond donors (Lipinski definition) is 3. The fourth-order valence-corrected chi connectivity index (χ4v) is 2.92. The maximum Gasteiger partial charge on any atom is 0.326 e. The molecule has 7 nitrogen and oxygen atoms in total. The van der Waals surface area contributed by atoms with Crippen LogP contribution >= 0.6 is 0 Å². The lowest BCUT2D eigenvalue weighted by atomic mass is 9.96. The number of likely N-dealkylation sites (tertiary alicyclic amines) is 1. The monoisotopic (exact) mass is 365 g/mol. The molecule has 1 saturated heterocycles. The molecule has 26 heavy (non-hydrogen) atoms. The molecule has 0 spiro atoms. The van der Waals surface area contributed by atoms with Gasteiger partial charge in [-0.15, -0.1) is 0 Å². The number of piperidine rings is 1. The van der Waals surface area contributed by atoms with Crippen LogP contribution in [0.3, 0.4) is 0 Å². The van der Waals surface area contributed by atoms with E-state index < -0.39 is 29.8 Å². The fraction of sp³-hybridized carbons (Fsp3) is 0.500. The minimum atomic E-state index is -1.08. The van der Waals surface area contributed by atoms with Crippen molar-refractivity contribution in [2.24, 2.45) is 11.8 Å². The van der Waals surface area contributed by atoms with Crippen molar-refractivity contribution in [2.45, 2.75) is 32.7 Å². The highest BCUT2D eigenvalue weighted by atomic mass is 19.1. The first-order valence-corrected chi connectivity index (χ1v) is 8.63. The van der Waals surface area contributed by atoms with Crippen molar-refractivity contribution in [3.8, 4) is 0 Å². The Morgan fingerprint density at radius 3 is 2.58 bits per heavy atom. The lowest BCUT2D eigenvalue weighted by Gasteiger charge is -2.33. The Hall–Kier alpha value is -2.64. The minimum absolute atomic E-state index is 0.0785. The molecule has 8 heteroatoms. The predicted octanol–water partition coefficient (Wildman–Crippen LogP) is 2.29. The van der Waals surface area contributed by atoms with Crippen molar-refractivity contribution in [3.05, 3.63) is 30.1 Å². The SMILES string of the molecule is CC(C)[C@@H](NC(=O)C1CCCN(C(=O)Nc2ccccc2F)C1)C(=O)O. The van der Waals surface area contributed by atoms with Crippen molar-refractivity contribution in [2.75, 3.05) is 18.4 Å². The number of para-hydroxylation sites is 1. The summed E-state index contributed by atoms with van der Waals surface area (Å²) in [4.78, 5) is 37.4. The Bertz CT molecular complexity index is 680. The van der Waals surface area contributed by atoms with E-state index in [1.165, 1.54) is 23.1 Å². The van der Waals surface area contributed by atoms with E-state index in [0.29, 0.717) is 19.4 Å². The van der Waals surface area contributed by atoms with Gasteiger partial charge in [-0.25, -0.2) is 14.0 Å². The zero-order chi connectivity index (χ0) is 19.3. The molecule has 3 amide bonds. The van der Waals surface area contributed by atoms with E-state index in [9.17, 15) is 23.9 Å². The number of nitrogens with zero attached hydrogens (tertiary/aromatic N) is 1. The average Bonchev–Trinajstić information content (AvgIpc) is 2.60. The van der Waals surface area contributed by atoms with Crippen LogP contribution in [0.25, 0.3) is 0 Å². The maximum absolute atomic E-state index is 13.7. The number of amides is 3. The Morgan fingerprint density at radius 2 is 1.96 bits per heavy atom. The molecule has 0 saturated carbocycles. The van der Waals surface area contributed by atoms with Crippen LogP contribution < -0.4 is 10.6 Å². The number of benzene rings is 1. The van der Waals surface area contributed by atoms with Crippen LogP contribution in [0.4, 0.5) is 14.9 Å². The standard InChI is InChI=1S/C18H24FN3O4/c1-11(2)15(17(24)25)21-16(23)12-6-5-9-22(10-12)18(26)20-14-8-4-3-7-13(14)19/h3-4,7-8,11-12,15H,5-6,9-10H2,1-2H3,(H,20,26)(H,21,23)(H,24,25)/t12?,15-/m1/s1. The Balaban J connectivity index is 1.97. The van der Waals surface area contributed by atoms with Gasteiger partial charge < -0.3 is 20.6 Å². The Labute approximate surface area is 151 Å². The molecule has 1 aliphatic heterocycles. The minimum Gasteiger partial charge on any atom is -0.480 e. The smallest absolute Gasteiger partial charge is 0.326 e. The lowest BCUT2D eigenvalue weighted by Crippen LogP contribution is -2.51. The highest BCUT2D eigenvalue weighted by Crippen LogP contribution is 2.20. The van der Waals surface area contributed by atoms with Crippen molar-refractivity contribution < 1.29 is 23.9 Å². The fourth-order valence-electron chi connectivity index (χ4n) is 2.92. The van der Waals surface area contributed by atoms with Crippen LogP contribution in [0, 0.1) is 17.7 Å². The van der Waals surface area contributed by atoms with Crippen molar-refractivity contribution in [1.82, 2.24) is 10.2 Å². The molecule has 0 aromatic heterocycles. The summed E-state index contributed by atoms with van der Waals surface area (Å²) in [5.41, 5.74) is 0.0785. The molecule has 0 bridgehead atoms. The van der Waals surface area contributed by atoms with Crippen LogP contribution in [0.15, 0.2) is 24.3 Å². The number of rotatable bonds is 5. The molecule has 0 radical (unpaired) electrons. The number of carboxylic acids is 1. The second kappa shape index (κ2) is 8.64. The maximum atomic E-state index is 13.7. The summed E-state index contributed by atoms with van der Waals surface area (Å²) in [6.45, 7) is 4.05. The molecule has 0 aliphatic carbocycles. The molecule has 142 valence electrons. The van der Waals surface area contributed by atoms with Gasteiger partial charge in [-0.05, 0) is 30.9 Å². The van der Waals surface area contributed by atoms with Gasteiger partial charge in [0.15, 0.2) is 0 Å². The number of hydrogen-bond acceptors (Lipinski definition) is 3. The molecule has 1 unspecified atom stereocenters. The van der Waals surface area contributed by atoms with Crippen LogP contribution in [0.5, 0.6) is 0 Å². The first-order chi connectivity index (χ1) is 12.3. The highest BCUT2D eigenvalue weighted by Gasteiger charge is 2.32. The van der Waals surface area contributed by atoms with E-state index in [4.69, 9.17) is 0 Å². The van der Waals surface area contributed by atoms with Crippen LogP contribution in [0.1, 0.15) is 26.7 Å². The first kappa shape index (κ1) is 19.7. The van der Waals surface area contributed by atoms with Gasteiger partial charge >= 0.3 is 12.0 Å². The Kier molecular flexibility index (Phi) is 6.54. The lowest BCUT2D eigenvalue weighted by molar-refractivity contribution is -0.144. The summed E-state index contributed by atoms with van der Waals surface area (Å²) in [7, 11) is 0. The third-order valence-corrected chi connectivity index (χ3v) is 4.43. The second-order valence-electron chi connectivity index (χ2n) is 6.76. The number of nitrogens with one attached hydrogen (secondary N) is 2. The summed E-state index contributed by atoms with van der Waals surface area (Å²) in [5, 5.41) is 14.2. The van der Waals surface area contributed by atoms with Crippen molar-refractivity contribution in [1.29, 1.82) is 0 Å². The Morgan fingerprint density at radius 1 is 1.27 bits per heavy atom. The van der Waals surface area contributed by atoms with Gasteiger partial charge in [-0.1, -0.05) is 26.0 Å². The predicted molar refractivity (Wildman–Crippen MR) is 94.1 cm³/mol. The first-order valence-electron chi connectivity index (χ1n) is 8.63. The highest BCUT2D eigenvalue weighted by molar-refractivity contribution is 5.90. The molecule has 2 rings (SSSR count). The summed E-state index contributed by atoms with van der Waals surface area (Å²) < 4.78 is 13.7. The van der Waals surface area contributed by atoms with Gasteiger partial charge in [0.25, 0.3) is 0 Å². The van der Waals surface area contributed by atoms with Crippen LogP contribution in [-0.4, -0.2) is 47.0 Å². The largest absolute Gasteiger partial charge is 0.480 e. The van der Waals surface area contributed by atoms with E-state index >= 15 is 0 Å². The van der Waals surface area contributed by atoms with Gasteiger partial charge in [0, 0.05) is 13.1 Å². The van der Waals surface area contributed by atoms with Gasteiger partial charge in [-0.2, -0.15) is 0 Å². The molecular formula is C18H24FN3O4. The molecule has 1 fully saturated rings. The zero-order valence-corrected chi connectivity index (χ0v) is 14.9. The number of anilines is 1. The molecule has 1 aromatic rings. The van der Waals surface area contributed by atoms with Gasteiger partial charge in [0.2, 0.25) is 5.91 Å². The summed E-state index contributed by atoms with van der Waals surface area (Å²) in [6.07, 6.45) is 1.18.